The van der Waals surface area contributed by atoms with Gasteiger partial charge in [-0.05, 0) is 74.5 Å². The molecule has 0 bridgehead atoms. The van der Waals surface area contributed by atoms with E-state index in [1.807, 2.05) is 10.9 Å². The first-order valence-corrected chi connectivity index (χ1v) is 8.40. The van der Waals surface area contributed by atoms with E-state index in [0.717, 1.165) is 6.54 Å². The van der Waals surface area contributed by atoms with E-state index in [9.17, 15) is 0 Å². The predicted molar refractivity (Wildman–Crippen MR) is 98.6 cm³/mol. The van der Waals surface area contributed by atoms with Gasteiger partial charge in [0.05, 0.1) is 12.7 Å². The lowest BCUT2D eigenvalue weighted by molar-refractivity contribution is 0.687. The summed E-state index contributed by atoms with van der Waals surface area (Å²) in [5, 5.41) is 4.46. The third kappa shape index (κ3) is 3.22. The molecule has 0 radical (unpaired) electrons. The van der Waals surface area contributed by atoms with Gasteiger partial charge in [0.15, 0.2) is 0 Å². The highest BCUT2D eigenvalue weighted by Gasteiger charge is 2.05. The van der Waals surface area contributed by atoms with Crippen molar-refractivity contribution in [3.05, 3.63) is 73.6 Å². The van der Waals surface area contributed by atoms with Crippen molar-refractivity contribution in [2.45, 2.75) is 6.54 Å². The first-order valence-electron chi connectivity index (χ1n) is 6.24. The Bertz CT molecular complexity index is 717. The molecule has 2 nitrogen and oxygen atoms in total. The van der Waals surface area contributed by atoms with Gasteiger partial charge in [-0.15, -0.1) is 0 Å². The topological polar surface area (TPSA) is 17.8 Å². The molecule has 1 heterocycles. The normalized spacial score (nSPS) is 10.7. The van der Waals surface area contributed by atoms with Crippen molar-refractivity contribution >= 4 is 45.2 Å². The molecule has 0 spiro atoms. The molecular weight excluding hydrogens is 474 g/mol. The van der Waals surface area contributed by atoms with E-state index in [2.05, 4.69) is 105 Å². The first-order chi connectivity index (χ1) is 9.72. The van der Waals surface area contributed by atoms with Gasteiger partial charge >= 0.3 is 0 Å². The van der Waals surface area contributed by atoms with E-state index in [1.165, 1.54) is 23.8 Å². The Labute approximate surface area is 145 Å². The minimum absolute atomic E-state index is 0.806. The van der Waals surface area contributed by atoms with E-state index in [1.54, 1.807) is 0 Å². The second-order valence-corrected chi connectivity index (χ2v) is 6.94. The molecule has 0 saturated heterocycles. The molecule has 0 fully saturated rings. The Morgan fingerprint density at radius 3 is 2.45 bits per heavy atom. The number of halogens is 2. The number of nitrogens with zero attached hydrogens (tertiary/aromatic N) is 2. The molecule has 0 saturated carbocycles. The Morgan fingerprint density at radius 2 is 1.70 bits per heavy atom. The quantitative estimate of drug-likeness (QED) is 0.487. The Morgan fingerprint density at radius 1 is 0.950 bits per heavy atom. The lowest BCUT2D eigenvalue weighted by Crippen LogP contribution is -1.99. The van der Waals surface area contributed by atoms with Crippen LogP contribution in [0.1, 0.15) is 5.56 Å². The summed E-state index contributed by atoms with van der Waals surface area (Å²) in [6, 6.07) is 16.9. The van der Waals surface area contributed by atoms with Crippen LogP contribution in [0.2, 0.25) is 0 Å². The zero-order chi connectivity index (χ0) is 13.9. The van der Waals surface area contributed by atoms with Crippen LogP contribution in [0.5, 0.6) is 0 Å². The molecule has 3 rings (SSSR count). The number of hydrogen-bond acceptors (Lipinski definition) is 1. The fraction of sp³-hybridized carbons (Fsp3) is 0.0625. The summed E-state index contributed by atoms with van der Waals surface area (Å²) in [6.07, 6.45) is 4.04. The third-order valence-corrected chi connectivity index (χ3v) is 4.74. The van der Waals surface area contributed by atoms with Gasteiger partial charge in [0, 0.05) is 18.9 Å². The highest BCUT2D eigenvalue weighted by Crippen LogP contribution is 2.24. The van der Waals surface area contributed by atoms with Gasteiger partial charge in [-0.25, -0.2) is 0 Å². The van der Waals surface area contributed by atoms with Gasteiger partial charge in [-0.3, -0.25) is 4.68 Å². The van der Waals surface area contributed by atoms with Crippen molar-refractivity contribution in [1.82, 2.24) is 9.78 Å². The molecule has 0 unspecified atom stereocenters. The lowest BCUT2D eigenvalue weighted by atomic mass is 10.1. The maximum absolute atomic E-state index is 4.46. The third-order valence-electron chi connectivity index (χ3n) is 3.08. The summed E-state index contributed by atoms with van der Waals surface area (Å²) >= 11 is 4.68. The van der Waals surface area contributed by atoms with Crippen molar-refractivity contribution in [3.63, 3.8) is 0 Å². The number of hydrogen-bond donors (Lipinski definition) is 0. The highest BCUT2D eigenvalue weighted by molar-refractivity contribution is 14.1. The molecule has 0 amide bonds. The summed E-state index contributed by atoms with van der Waals surface area (Å²) in [6.45, 7) is 0.806. The average molecular weight is 486 g/mol. The maximum Gasteiger partial charge on any atom is 0.0659 e. The van der Waals surface area contributed by atoms with E-state index in [4.69, 9.17) is 0 Å². The first kappa shape index (κ1) is 14.1. The zero-order valence-corrected chi connectivity index (χ0v) is 14.9. The van der Waals surface area contributed by atoms with Crippen LogP contribution >= 0.6 is 45.2 Å². The van der Waals surface area contributed by atoms with E-state index >= 15 is 0 Å². The zero-order valence-electron chi connectivity index (χ0n) is 10.6. The monoisotopic (exact) mass is 486 g/mol. The van der Waals surface area contributed by atoms with Crippen LogP contribution in [0.4, 0.5) is 0 Å². The molecule has 0 aliphatic rings. The van der Waals surface area contributed by atoms with Gasteiger partial charge in [0.25, 0.3) is 0 Å². The molecule has 0 atom stereocenters. The number of benzene rings is 2. The standard InChI is InChI=1S/C16H12I2N2/c17-14-7-5-12(6-8-14)10-20-11-13(9-19-20)15-3-1-2-4-16(15)18/h1-9,11H,10H2. The minimum Gasteiger partial charge on any atom is -0.268 e. The van der Waals surface area contributed by atoms with Crippen LogP contribution in [0, 0.1) is 7.14 Å². The van der Waals surface area contributed by atoms with Crippen molar-refractivity contribution < 1.29 is 0 Å². The van der Waals surface area contributed by atoms with Gasteiger partial charge in [-0.1, -0.05) is 30.3 Å². The molecule has 0 aliphatic heterocycles. The SMILES string of the molecule is Ic1ccc(Cn2cc(-c3ccccc3I)cn2)cc1. The minimum atomic E-state index is 0.806. The molecular formula is C16H12I2N2. The molecule has 1 aromatic heterocycles. The van der Waals surface area contributed by atoms with Gasteiger partial charge in [0.2, 0.25) is 0 Å². The molecule has 0 aliphatic carbocycles. The Kier molecular flexibility index (Phi) is 4.40. The fourth-order valence-electron chi connectivity index (χ4n) is 2.06. The summed E-state index contributed by atoms with van der Waals surface area (Å²) in [7, 11) is 0. The van der Waals surface area contributed by atoms with Gasteiger partial charge in [0.1, 0.15) is 0 Å². The number of aromatic nitrogens is 2. The lowest BCUT2D eigenvalue weighted by Gasteiger charge is -2.02. The molecule has 4 heteroatoms. The molecule has 2 aromatic carbocycles. The second-order valence-electron chi connectivity index (χ2n) is 4.53. The maximum atomic E-state index is 4.46. The average Bonchev–Trinajstić information content (AvgIpc) is 2.90. The molecule has 3 aromatic rings. The summed E-state index contributed by atoms with van der Waals surface area (Å²) in [5.41, 5.74) is 3.67. The molecule has 100 valence electrons. The van der Waals surface area contributed by atoms with E-state index < -0.39 is 0 Å². The Balaban J connectivity index is 1.84. The predicted octanol–water partition coefficient (Wildman–Crippen LogP) is 4.81. The van der Waals surface area contributed by atoms with E-state index in [-0.39, 0.29) is 0 Å². The van der Waals surface area contributed by atoms with Crippen molar-refractivity contribution in [2.75, 3.05) is 0 Å². The molecule has 0 N–H and O–H groups in total. The van der Waals surface area contributed by atoms with Crippen LogP contribution in [0.25, 0.3) is 11.1 Å². The van der Waals surface area contributed by atoms with Crippen molar-refractivity contribution in [3.8, 4) is 11.1 Å². The van der Waals surface area contributed by atoms with E-state index in [0.29, 0.717) is 0 Å². The van der Waals surface area contributed by atoms with Crippen molar-refractivity contribution in [1.29, 1.82) is 0 Å². The van der Waals surface area contributed by atoms with Crippen LogP contribution in [-0.2, 0) is 6.54 Å². The van der Waals surface area contributed by atoms with Crippen LogP contribution < -0.4 is 0 Å². The van der Waals surface area contributed by atoms with Crippen molar-refractivity contribution in [2.24, 2.45) is 0 Å². The Hall–Kier alpha value is -0.890. The smallest absolute Gasteiger partial charge is 0.0659 e. The summed E-state index contributed by atoms with van der Waals surface area (Å²) in [5.74, 6) is 0. The summed E-state index contributed by atoms with van der Waals surface area (Å²) < 4.78 is 4.49. The van der Waals surface area contributed by atoms with Gasteiger partial charge < -0.3 is 0 Å². The highest BCUT2D eigenvalue weighted by atomic mass is 127. The van der Waals surface area contributed by atoms with Crippen LogP contribution in [0.3, 0.4) is 0 Å². The largest absolute Gasteiger partial charge is 0.268 e. The fourth-order valence-corrected chi connectivity index (χ4v) is 3.12. The van der Waals surface area contributed by atoms with Gasteiger partial charge in [-0.2, -0.15) is 5.10 Å². The number of rotatable bonds is 3. The van der Waals surface area contributed by atoms with Crippen LogP contribution in [0.15, 0.2) is 60.9 Å². The summed E-state index contributed by atoms with van der Waals surface area (Å²) in [4.78, 5) is 0. The second kappa shape index (κ2) is 6.26. The van der Waals surface area contributed by atoms with Crippen LogP contribution in [-0.4, -0.2) is 9.78 Å². The molecule has 20 heavy (non-hydrogen) atoms.